The number of phenolic OH excluding ortho intramolecular Hbond substituents is 1. The van der Waals surface area contributed by atoms with Crippen molar-refractivity contribution in [2.24, 2.45) is 0 Å². The Morgan fingerprint density at radius 3 is 2.80 bits per heavy atom. The molecule has 74 valence electrons. The van der Waals surface area contributed by atoms with Crippen molar-refractivity contribution in [1.82, 2.24) is 0 Å². The molecule has 0 aliphatic carbocycles. The van der Waals surface area contributed by atoms with Crippen molar-refractivity contribution < 1.29 is 5.11 Å². The molecular formula is C12H9NOSe. The minimum absolute atomic E-state index is 0.245. The molecule has 2 rings (SSSR count). The first kappa shape index (κ1) is 10.0. The molecule has 2 aromatic rings. The molecule has 1 heterocycles. The fourth-order valence-corrected chi connectivity index (χ4v) is 3.19. The maximum absolute atomic E-state index is 9.42. The van der Waals surface area contributed by atoms with E-state index in [1.54, 1.807) is 6.07 Å². The fraction of sp³-hybridized carbons (Fsp3) is 0.0833. The molecular weight excluding hydrogens is 253 g/mol. The van der Waals surface area contributed by atoms with Crippen molar-refractivity contribution in [1.29, 1.82) is 5.26 Å². The first-order chi connectivity index (χ1) is 7.22. The number of rotatable bonds is 1. The van der Waals surface area contributed by atoms with Gasteiger partial charge >= 0.3 is 93.9 Å². The van der Waals surface area contributed by atoms with Crippen LogP contribution in [0.15, 0.2) is 29.2 Å². The Kier molecular flexibility index (Phi) is 2.64. The summed E-state index contributed by atoms with van der Waals surface area (Å²) in [5.41, 5.74) is 2.65. The fourth-order valence-electron chi connectivity index (χ4n) is 1.42. The van der Waals surface area contributed by atoms with Crippen LogP contribution in [0.25, 0.3) is 10.0 Å². The van der Waals surface area contributed by atoms with E-state index in [1.807, 2.05) is 30.1 Å². The third-order valence-electron chi connectivity index (χ3n) is 2.24. The van der Waals surface area contributed by atoms with Gasteiger partial charge in [0.15, 0.2) is 0 Å². The van der Waals surface area contributed by atoms with Gasteiger partial charge in [-0.15, -0.1) is 0 Å². The van der Waals surface area contributed by atoms with E-state index >= 15 is 0 Å². The summed E-state index contributed by atoms with van der Waals surface area (Å²) < 4.78 is 1.10. The zero-order valence-corrected chi connectivity index (χ0v) is 9.90. The van der Waals surface area contributed by atoms with Crippen LogP contribution in [-0.4, -0.2) is 19.6 Å². The van der Waals surface area contributed by atoms with Gasteiger partial charge < -0.3 is 0 Å². The Balaban J connectivity index is 2.56. The molecule has 3 heteroatoms. The van der Waals surface area contributed by atoms with Crippen molar-refractivity contribution >= 4 is 14.5 Å². The van der Waals surface area contributed by atoms with E-state index in [9.17, 15) is 5.11 Å². The van der Waals surface area contributed by atoms with E-state index in [0.29, 0.717) is 5.75 Å². The number of hydrogen-bond donors (Lipinski definition) is 1. The molecule has 1 aromatic carbocycles. The maximum atomic E-state index is 9.42. The first-order valence-electron chi connectivity index (χ1n) is 4.50. The van der Waals surface area contributed by atoms with Crippen LogP contribution in [0, 0.1) is 18.3 Å². The molecule has 15 heavy (non-hydrogen) atoms. The molecule has 0 bridgehead atoms. The van der Waals surface area contributed by atoms with E-state index in [4.69, 9.17) is 5.26 Å². The zero-order chi connectivity index (χ0) is 10.8. The van der Waals surface area contributed by atoms with Gasteiger partial charge in [-0.2, -0.15) is 0 Å². The van der Waals surface area contributed by atoms with E-state index in [2.05, 4.69) is 6.07 Å². The average molecular weight is 262 g/mol. The van der Waals surface area contributed by atoms with Gasteiger partial charge in [-0.3, -0.25) is 0 Å². The summed E-state index contributed by atoms with van der Waals surface area (Å²) in [4.78, 5) is 2.04. The van der Waals surface area contributed by atoms with Crippen molar-refractivity contribution in [2.75, 3.05) is 0 Å². The van der Waals surface area contributed by atoms with Gasteiger partial charge in [0.25, 0.3) is 0 Å². The van der Waals surface area contributed by atoms with Crippen LogP contribution in [0.3, 0.4) is 0 Å². The number of benzene rings is 1. The Labute approximate surface area is 94.2 Å². The molecule has 0 aliphatic rings. The summed E-state index contributed by atoms with van der Waals surface area (Å²) in [5.74, 6) is 0.302. The monoisotopic (exact) mass is 263 g/mol. The molecule has 0 unspecified atom stereocenters. The molecule has 0 atom stereocenters. The van der Waals surface area contributed by atoms with Crippen molar-refractivity contribution in [2.45, 2.75) is 6.92 Å². The third kappa shape index (κ3) is 1.83. The Morgan fingerprint density at radius 2 is 2.13 bits per heavy atom. The Morgan fingerprint density at radius 1 is 1.33 bits per heavy atom. The van der Waals surface area contributed by atoms with Crippen LogP contribution in [0.4, 0.5) is 0 Å². The van der Waals surface area contributed by atoms with Crippen molar-refractivity contribution in [3.63, 3.8) is 0 Å². The number of nitriles is 1. The molecule has 0 aliphatic heterocycles. The van der Waals surface area contributed by atoms with Gasteiger partial charge in [-0.1, -0.05) is 0 Å². The number of aromatic hydroxyl groups is 1. The van der Waals surface area contributed by atoms with Crippen molar-refractivity contribution in [3.05, 3.63) is 40.3 Å². The van der Waals surface area contributed by atoms with E-state index in [-0.39, 0.29) is 14.5 Å². The van der Waals surface area contributed by atoms with Crippen LogP contribution in [-0.2, 0) is 0 Å². The average Bonchev–Trinajstić information content (AvgIpc) is 2.70. The number of aryl methyl sites for hydroxylation is 1. The predicted octanol–water partition coefficient (Wildman–Crippen LogP) is 2.30. The van der Waals surface area contributed by atoms with Crippen LogP contribution < -0.4 is 0 Å². The van der Waals surface area contributed by atoms with Crippen LogP contribution in [0.2, 0.25) is 0 Å². The molecule has 1 aromatic heterocycles. The van der Waals surface area contributed by atoms with Gasteiger partial charge in [-0.05, 0) is 0 Å². The number of phenols is 1. The molecule has 0 radical (unpaired) electrons. The molecule has 1 N–H and O–H groups in total. The second-order valence-electron chi connectivity index (χ2n) is 3.28. The molecule has 0 spiro atoms. The van der Waals surface area contributed by atoms with Crippen LogP contribution >= 0.6 is 0 Å². The number of nitrogens with zero attached hydrogens (tertiary/aromatic N) is 1. The van der Waals surface area contributed by atoms with Gasteiger partial charge in [0, 0.05) is 0 Å². The molecule has 2 nitrogen and oxygen atoms in total. The molecule has 0 fully saturated rings. The second kappa shape index (κ2) is 3.94. The topological polar surface area (TPSA) is 44.0 Å². The summed E-state index contributed by atoms with van der Waals surface area (Å²) in [6, 6.07) is 9.54. The normalized spacial score (nSPS) is 9.87. The number of hydrogen-bond acceptors (Lipinski definition) is 2. The molecule has 0 saturated heterocycles. The summed E-state index contributed by atoms with van der Waals surface area (Å²) in [6.45, 7) is 1.86. The predicted molar refractivity (Wildman–Crippen MR) is 59.9 cm³/mol. The first-order valence-corrected chi connectivity index (χ1v) is 6.34. The molecule has 0 saturated carbocycles. The summed E-state index contributed by atoms with van der Waals surface area (Å²) in [7, 11) is 0. The minimum atomic E-state index is 0.245. The summed E-state index contributed by atoms with van der Waals surface area (Å²) in [5, 5.41) is 18.3. The van der Waals surface area contributed by atoms with Gasteiger partial charge in [0.2, 0.25) is 0 Å². The molecule has 0 amide bonds. The SMILES string of the molecule is Cc1cc(-c2[se]ccc2C#N)ccc1O. The summed E-state index contributed by atoms with van der Waals surface area (Å²) >= 11 is 0.245. The van der Waals surface area contributed by atoms with E-state index < -0.39 is 0 Å². The third-order valence-corrected chi connectivity index (χ3v) is 4.27. The summed E-state index contributed by atoms with van der Waals surface area (Å²) in [6.07, 6.45) is 0. The van der Waals surface area contributed by atoms with Gasteiger partial charge in [-0.25, -0.2) is 0 Å². The van der Waals surface area contributed by atoms with E-state index in [1.165, 1.54) is 0 Å². The van der Waals surface area contributed by atoms with Gasteiger partial charge in [0.05, 0.1) is 0 Å². The van der Waals surface area contributed by atoms with Gasteiger partial charge in [0.1, 0.15) is 0 Å². The Bertz CT molecular complexity index is 537. The van der Waals surface area contributed by atoms with Crippen LogP contribution in [0.1, 0.15) is 11.1 Å². The quantitative estimate of drug-likeness (QED) is 0.801. The van der Waals surface area contributed by atoms with E-state index in [0.717, 1.165) is 21.1 Å². The standard InChI is InChI=1S/C12H9NOSe/c1-8-6-9(2-3-11(8)14)12-10(7-13)4-5-15-12/h2-6,14H,1H3. The van der Waals surface area contributed by atoms with Crippen LogP contribution in [0.5, 0.6) is 5.75 Å². The second-order valence-corrected chi connectivity index (χ2v) is 5.20. The zero-order valence-electron chi connectivity index (χ0n) is 8.19. The Hall–Kier alpha value is -1.49. The van der Waals surface area contributed by atoms with Crippen molar-refractivity contribution in [3.8, 4) is 21.8 Å².